The van der Waals surface area contributed by atoms with Crippen LogP contribution in [0.4, 0.5) is 17.6 Å². The van der Waals surface area contributed by atoms with Gasteiger partial charge in [0.15, 0.2) is 0 Å². The van der Waals surface area contributed by atoms with E-state index in [9.17, 15) is 22.7 Å². The van der Waals surface area contributed by atoms with Gasteiger partial charge in [-0.1, -0.05) is 23.7 Å². The Bertz CT molecular complexity index is 667. The van der Waals surface area contributed by atoms with E-state index in [4.69, 9.17) is 11.6 Å². The van der Waals surface area contributed by atoms with Crippen LogP contribution in [-0.2, 0) is 6.18 Å². The lowest BCUT2D eigenvalue weighted by atomic mass is 9.96. The molecule has 6 heteroatoms. The van der Waals surface area contributed by atoms with Crippen LogP contribution in [0.1, 0.15) is 28.4 Å². The van der Waals surface area contributed by atoms with Gasteiger partial charge in [-0.15, -0.1) is 0 Å². The molecule has 2 aromatic carbocycles. The highest BCUT2D eigenvalue weighted by molar-refractivity contribution is 6.30. The van der Waals surface area contributed by atoms with Crippen LogP contribution in [0, 0.1) is 12.7 Å². The molecule has 2 aromatic rings. The van der Waals surface area contributed by atoms with Crippen molar-refractivity contribution < 1.29 is 22.7 Å². The summed E-state index contributed by atoms with van der Waals surface area (Å²) in [5, 5.41) is 10.6. The van der Waals surface area contributed by atoms with E-state index in [1.807, 2.05) is 0 Å². The van der Waals surface area contributed by atoms with Crippen molar-refractivity contribution in [2.75, 3.05) is 0 Å². The molecule has 2 rings (SSSR count). The van der Waals surface area contributed by atoms with Gasteiger partial charge in [-0.3, -0.25) is 0 Å². The van der Waals surface area contributed by atoms with Gasteiger partial charge in [0, 0.05) is 5.02 Å². The largest absolute Gasteiger partial charge is 0.419 e. The minimum Gasteiger partial charge on any atom is -0.384 e. The zero-order valence-corrected chi connectivity index (χ0v) is 11.6. The first kappa shape index (κ1) is 15.8. The zero-order chi connectivity index (χ0) is 15.8. The number of aryl methyl sites for hydroxylation is 1. The molecule has 0 aliphatic rings. The molecule has 1 atom stereocenters. The van der Waals surface area contributed by atoms with Crippen LogP contribution in [0.5, 0.6) is 0 Å². The van der Waals surface area contributed by atoms with Crippen molar-refractivity contribution in [2.45, 2.75) is 19.2 Å². The van der Waals surface area contributed by atoms with E-state index in [0.29, 0.717) is 28.3 Å². The molecule has 0 amide bonds. The molecule has 0 saturated heterocycles. The first-order chi connectivity index (χ1) is 9.70. The predicted molar refractivity (Wildman–Crippen MR) is 71.7 cm³/mol. The van der Waals surface area contributed by atoms with E-state index in [2.05, 4.69) is 0 Å². The minimum atomic E-state index is -4.76. The van der Waals surface area contributed by atoms with Gasteiger partial charge in [-0.05, 0) is 47.9 Å². The van der Waals surface area contributed by atoms with Gasteiger partial charge in [-0.25, -0.2) is 4.39 Å². The molecule has 0 aromatic heterocycles. The summed E-state index contributed by atoms with van der Waals surface area (Å²) in [6.45, 7) is 1.72. The van der Waals surface area contributed by atoms with Gasteiger partial charge < -0.3 is 5.11 Å². The molecule has 0 radical (unpaired) electrons. The number of halogens is 5. The number of hydrogen-bond acceptors (Lipinski definition) is 1. The van der Waals surface area contributed by atoms with Crippen molar-refractivity contribution in [2.24, 2.45) is 0 Å². The Hall–Kier alpha value is -1.59. The predicted octanol–water partition coefficient (Wildman–Crippen LogP) is 4.89. The molecule has 1 nitrogen and oxygen atoms in total. The highest BCUT2D eigenvalue weighted by Gasteiger charge is 2.34. The monoisotopic (exact) mass is 318 g/mol. The van der Waals surface area contributed by atoms with Crippen molar-refractivity contribution in [3.8, 4) is 0 Å². The van der Waals surface area contributed by atoms with Gasteiger partial charge in [0.25, 0.3) is 0 Å². The highest BCUT2D eigenvalue weighted by Crippen LogP contribution is 2.34. The maximum atomic E-state index is 13.5. The van der Waals surface area contributed by atoms with Crippen LogP contribution in [0.3, 0.4) is 0 Å². The van der Waals surface area contributed by atoms with Crippen molar-refractivity contribution in [3.05, 3.63) is 69.5 Å². The fraction of sp³-hybridized carbons (Fsp3) is 0.200. The number of aliphatic hydroxyl groups excluding tert-OH is 1. The summed E-state index contributed by atoms with van der Waals surface area (Å²) in [6, 6.07) is 7.15. The van der Waals surface area contributed by atoms with Crippen molar-refractivity contribution in [3.63, 3.8) is 0 Å². The Morgan fingerprint density at radius 3 is 2.33 bits per heavy atom. The summed E-state index contributed by atoms with van der Waals surface area (Å²) in [6.07, 6.45) is -6.01. The maximum absolute atomic E-state index is 13.5. The Balaban J connectivity index is 2.43. The minimum absolute atomic E-state index is 0.0332. The first-order valence-corrected chi connectivity index (χ1v) is 6.38. The number of alkyl halides is 3. The average Bonchev–Trinajstić information content (AvgIpc) is 2.39. The third kappa shape index (κ3) is 3.36. The third-order valence-electron chi connectivity index (χ3n) is 3.15. The van der Waals surface area contributed by atoms with Gasteiger partial charge in [-0.2, -0.15) is 13.2 Å². The quantitative estimate of drug-likeness (QED) is 0.782. The van der Waals surface area contributed by atoms with Crippen molar-refractivity contribution >= 4 is 11.6 Å². The second-order valence-corrected chi connectivity index (χ2v) is 5.08. The summed E-state index contributed by atoms with van der Waals surface area (Å²) >= 11 is 5.83. The lowest BCUT2D eigenvalue weighted by molar-refractivity contribution is -0.140. The van der Waals surface area contributed by atoms with Gasteiger partial charge >= 0.3 is 6.18 Å². The van der Waals surface area contributed by atoms with Crippen LogP contribution >= 0.6 is 11.6 Å². The Morgan fingerprint density at radius 1 is 1.10 bits per heavy atom. The molecule has 1 unspecified atom stereocenters. The number of hydrogen-bond donors (Lipinski definition) is 1. The fourth-order valence-electron chi connectivity index (χ4n) is 2.02. The third-order valence-corrected chi connectivity index (χ3v) is 3.39. The van der Waals surface area contributed by atoms with Crippen LogP contribution in [0.15, 0.2) is 36.4 Å². The molecule has 0 heterocycles. The molecular formula is C15H11ClF4O. The maximum Gasteiger partial charge on any atom is 0.419 e. The summed E-state index contributed by atoms with van der Waals surface area (Å²) in [5.41, 5.74) is -0.207. The van der Waals surface area contributed by atoms with E-state index in [0.717, 1.165) is 6.07 Å². The summed E-state index contributed by atoms with van der Waals surface area (Å²) in [4.78, 5) is 0. The van der Waals surface area contributed by atoms with Crippen LogP contribution in [0.25, 0.3) is 0 Å². The molecule has 21 heavy (non-hydrogen) atoms. The van der Waals surface area contributed by atoms with E-state index in [-0.39, 0.29) is 5.56 Å². The lowest BCUT2D eigenvalue weighted by Gasteiger charge is -2.16. The lowest BCUT2D eigenvalue weighted by Crippen LogP contribution is -2.10. The topological polar surface area (TPSA) is 20.2 Å². The van der Waals surface area contributed by atoms with E-state index < -0.39 is 23.7 Å². The molecule has 0 spiro atoms. The fourth-order valence-corrected chi connectivity index (χ4v) is 2.20. The first-order valence-electron chi connectivity index (χ1n) is 6.01. The molecule has 0 bridgehead atoms. The van der Waals surface area contributed by atoms with Crippen LogP contribution in [-0.4, -0.2) is 5.11 Å². The second-order valence-electron chi connectivity index (χ2n) is 4.64. The van der Waals surface area contributed by atoms with Gasteiger partial charge in [0.05, 0.1) is 5.56 Å². The average molecular weight is 319 g/mol. The smallest absolute Gasteiger partial charge is 0.384 e. The van der Waals surface area contributed by atoms with Crippen molar-refractivity contribution in [1.82, 2.24) is 0 Å². The number of benzene rings is 2. The Morgan fingerprint density at radius 2 is 1.76 bits per heavy atom. The van der Waals surface area contributed by atoms with Crippen LogP contribution in [0.2, 0.25) is 5.02 Å². The zero-order valence-electron chi connectivity index (χ0n) is 10.9. The normalized spacial score (nSPS) is 13.3. The molecule has 0 aliphatic carbocycles. The molecule has 0 fully saturated rings. The van der Waals surface area contributed by atoms with Crippen molar-refractivity contribution in [1.29, 1.82) is 0 Å². The summed E-state index contributed by atoms with van der Waals surface area (Å²) in [5.74, 6) is -1.42. The Kier molecular flexibility index (Phi) is 4.25. The van der Waals surface area contributed by atoms with E-state index in [1.165, 1.54) is 6.07 Å². The van der Waals surface area contributed by atoms with Gasteiger partial charge in [0.1, 0.15) is 11.9 Å². The molecule has 0 saturated carbocycles. The molecular weight excluding hydrogens is 308 g/mol. The Labute approximate surface area is 123 Å². The summed E-state index contributed by atoms with van der Waals surface area (Å²) < 4.78 is 51.0. The number of rotatable bonds is 2. The highest BCUT2D eigenvalue weighted by atomic mass is 35.5. The number of aliphatic hydroxyl groups is 1. The standard InChI is InChI=1S/C15H11ClF4O/c1-8-2-4-10(16)7-11(8)14(21)9-3-5-12(13(17)6-9)15(18,19)20/h2-7,14,21H,1H3. The van der Waals surface area contributed by atoms with E-state index >= 15 is 0 Å². The summed E-state index contributed by atoms with van der Waals surface area (Å²) in [7, 11) is 0. The molecule has 1 N–H and O–H groups in total. The molecule has 112 valence electrons. The second kappa shape index (κ2) is 5.66. The van der Waals surface area contributed by atoms with Gasteiger partial charge in [0.2, 0.25) is 0 Å². The van der Waals surface area contributed by atoms with Crippen LogP contribution < -0.4 is 0 Å². The van der Waals surface area contributed by atoms with E-state index in [1.54, 1.807) is 19.1 Å². The molecule has 0 aliphatic heterocycles. The SMILES string of the molecule is Cc1ccc(Cl)cc1C(O)c1ccc(C(F)(F)F)c(F)c1.